The van der Waals surface area contributed by atoms with Gasteiger partial charge in [-0.25, -0.2) is 0 Å². The Bertz CT molecular complexity index is 239. The molecule has 0 radical (unpaired) electrons. The van der Waals surface area contributed by atoms with Gasteiger partial charge in [0, 0.05) is 24.7 Å². The van der Waals surface area contributed by atoms with E-state index in [0.717, 1.165) is 17.9 Å². The van der Waals surface area contributed by atoms with Crippen LogP contribution in [0.4, 0.5) is 0 Å². The second-order valence-corrected chi connectivity index (χ2v) is 6.63. The van der Waals surface area contributed by atoms with Crippen LogP contribution in [0.2, 0.25) is 0 Å². The first-order chi connectivity index (χ1) is 8.09. The van der Waals surface area contributed by atoms with Gasteiger partial charge in [-0.05, 0) is 44.4 Å². The van der Waals surface area contributed by atoms with Crippen LogP contribution < -0.4 is 5.73 Å². The van der Waals surface area contributed by atoms with E-state index in [9.17, 15) is 0 Å². The average molecular weight is 238 g/mol. The molecule has 1 aliphatic heterocycles. The van der Waals surface area contributed by atoms with Crippen molar-refractivity contribution >= 4 is 0 Å². The first kappa shape index (κ1) is 13.4. The van der Waals surface area contributed by atoms with Gasteiger partial charge in [0.1, 0.15) is 0 Å². The van der Waals surface area contributed by atoms with E-state index in [4.69, 9.17) is 5.73 Å². The van der Waals surface area contributed by atoms with Crippen LogP contribution in [0.25, 0.3) is 0 Å². The van der Waals surface area contributed by atoms with Crippen LogP contribution in [-0.2, 0) is 0 Å². The van der Waals surface area contributed by atoms with Crippen LogP contribution in [0, 0.1) is 11.8 Å². The molecule has 2 nitrogen and oxygen atoms in total. The van der Waals surface area contributed by atoms with Crippen molar-refractivity contribution in [1.82, 2.24) is 4.90 Å². The Morgan fingerprint density at radius 1 is 1.12 bits per heavy atom. The van der Waals surface area contributed by atoms with Crippen molar-refractivity contribution in [2.75, 3.05) is 6.54 Å². The third-order valence-corrected chi connectivity index (χ3v) is 5.03. The molecule has 0 bridgehead atoms. The molecule has 0 aromatic heterocycles. The van der Waals surface area contributed by atoms with Crippen molar-refractivity contribution in [3.63, 3.8) is 0 Å². The largest absolute Gasteiger partial charge is 0.328 e. The van der Waals surface area contributed by atoms with E-state index < -0.39 is 0 Å². The summed E-state index contributed by atoms with van der Waals surface area (Å²) in [6.45, 7) is 8.42. The molecule has 4 unspecified atom stereocenters. The minimum Gasteiger partial charge on any atom is -0.328 e. The van der Waals surface area contributed by atoms with Crippen molar-refractivity contribution in [3.8, 4) is 0 Å². The Labute approximate surface area is 107 Å². The normalized spacial score (nSPS) is 40.8. The van der Waals surface area contributed by atoms with Gasteiger partial charge in [0.15, 0.2) is 0 Å². The summed E-state index contributed by atoms with van der Waals surface area (Å²) >= 11 is 0. The molecular weight excluding hydrogens is 208 g/mol. The summed E-state index contributed by atoms with van der Waals surface area (Å²) in [6.07, 6.45) is 8.14. The summed E-state index contributed by atoms with van der Waals surface area (Å²) in [6, 6.07) is 1.98. The molecule has 2 aliphatic rings. The third-order valence-electron chi connectivity index (χ3n) is 5.03. The highest BCUT2D eigenvalue weighted by atomic mass is 15.2. The second kappa shape index (κ2) is 5.71. The first-order valence-electron chi connectivity index (χ1n) is 7.61. The molecule has 1 saturated heterocycles. The van der Waals surface area contributed by atoms with Gasteiger partial charge in [0.25, 0.3) is 0 Å². The van der Waals surface area contributed by atoms with Gasteiger partial charge in [-0.15, -0.1) is 0 Å². The van der Waals surface area contributed by atoms with Gasteiger partial charge in [-0.2, -0.15) is 0 Å². The standard InChI is InChI=1S/C15H30N2/c1-11(2)14-6-4-5-7-15(14)17-9-8-13(16)10-12(17)3/h11-15H,4-10,16H2,1-3H3. The van der Waals surface area contributed by atoms with Crippen LogP contribution in [0.15, 0.2) is 0 Å². The Kier molecular flexibility index (Phi) is 4.48. The molecule has 0 spiro atoms. The number of nitrogens with zero attached hydrogens (tertiary/aromatic N) is 1. The lowest BCUT2D eigenvalue weighted by Crippen LogP contribution is -2.54. The van der Waals surface area contributed by atoms with Crippen molar-refractivity contribution in [1.29, 1.82) is 0 Å². The first-order valence-corrected chi connectivity index (χ1v) is 7.61. The van der Waals surface area contributed by atoms with Crippen LogP contribution in [0.5, 0.6) is 0 Å². The summed E-state index contributed by atoms with van der Waals surface area (Å²) in [5, 5.41) is 0. The monoisotopic (exact) mass is 238 g/mol. The Hall–Kier alpha value is -0.0800. The molecule has 1 saturated carbocycles. The highest BCUT2D eigenvalue weighted by Gasteiger charge is 2.36. The molecule has 1 aliphatic carbocycles. The zero-order valence-corrected chi connectivity index (χ0v) is 11.9. The number of nitrogens with two attached hydrogens (primary N) is 1. The smallest absolute Gasteiger partial charge is 0.0129 e. The zero-order chi connectivity index (χ0) is 12.4. The Morgan fingerprint density at radius 3 is 2.47 bits per heavy atom. The maximum atomic E-state index is 6.08. The fraction of sp³-hybridized carbons (Fsp3) is 1.00. The van der Waals surface area contributed by atoms with Gasteiger partial charge in [0.05, 0.1) is 0 Å². The topological polar surface area (TPSA) is 29.3 Å². The van der Waals surface area contributed by atoms with Gasteiger partial charge in [-0.1, -0.05) is 26.7 Å². The highest BCUT2D eigenvalue weighted by molar-refractivity contribution is 4.91. The predicted molar refractivity (Wildman–Crippen MR) is 74.0 cm³/mol. The SMILES string of the molecule is CC(C)C1CCCCC1N1CCC(N)CC1C. The van der Waals surface area contributed by atoms with E-state index in [1.165, 1.54) is 45.1 Å². The number of hydrogen-bond donors (Lipinski definition) is 1. The molecule has 1 heterocycles. The molecular formula is C15H30N2. The molecule has 0 amide bonds. The van der Waals surface area contributed by atoms with Crippen LogP contribution >= 0.6 is 0 Å². The van der Waals surface area contributed by atoms with Crippen LogP contribution in [-0.4, -0.2) is 29.6 Å². The minimum atomic E-state index is 0.447. The van der Waals surface area contributed by atoms with E-state index in [1.54, 1.807) is 0 Å². The van der Waals surface area contributed by atoms with E-state index >= 15 is 0 Å². The van der Waals surface area contributed by atoms with E-state index in [1.807, 2.05) is 0 Å². The Balaban J connectivity index is 2.03. The molecule has 4 atom stereocenters. The molecule has 2 heteroatoms. The number of piperidine rings is 1. The zero-order valence-electron chi connectivity index (χ0n) is 11.9. The third kappa shape index (κ3) is 3.03. The van der Waals surface area contributed by atoms with Gasteiger partial charge >= 0.3 is 0 Å². The van der Waals surface area contributed by atoms with Crippen molar-refractivity contribution < 1.29 is 0 Å². The number of hydrogen-bond acceptors (Lipinski definition) is 2. The van der Waals surface area contributed by atoms with Crippen molar-refractivity contribution in [2.24, 2.45) is 17.6 Å². The highest BCUT2D eigenvalue weighted by Crippen LogP contribution is 2.36. The maximum Gasteiger partial charge on any atom is 0.0129 e. The van der Waals surface area contributed by atoms with Gasteiger partial charge in [0.2, 0.25) is 0 Å². The summed E-state index contributed by atoms with van der Waals surface area (Å²) in [7, 11) is 0. The van der Waals surface area contributed by atoms with Crippen molar-refractivity contribution in [2.45, 2.75) is 77.4 Å². The van der Waals surface area contributed by atoms with E-state index in [2.05, 4.69) is 25.7 Å². The summed E-state index contributed by atoms with van der Waals surface area (Å²) < 4.78 is 0. The maximum absolute atomic E-state index is 6.08. The fourth-order valence-corrected chi connectivity index (χ4v) is 4.05. The van der Waals surface area contributed by atoms with Gasteiger partial charge in [-0.3, -0.25) is 4.90 Å². The fourth-order valence-electron chi connectivity index (χ4n) is 4.05. The molecule has 2 N–H and O–H groups in total. The average Bonchev–Trinajstić information content (AvgIpc) is 2.29. The van der Waals surface area contributed by atoms with E-state index in [-0.39, 0.29) is 0 Å². The minimum absolute atomic E-state index is 0.447. The lowest BCUT2D eigenvalue weighted by molar-refractivity contribution is 0.0250. The van der Waals surface area contributed by atoms with E-state index in [0.29, 0.717) is 12.1 Å². The summed E-state index contributed by atoms with van der Waals surface area (Å²) in [5.41, 5.74) is 6.08. The molecule has 17 heavy (non-hydrogen) atoms. The summed E-state index contributed by atoms with van der Waals surface area (Å²) in [4.78, 5) is 2.78. The number of rotatable bonds is 2. The quantitative estimate of drug-likeness (QED) is 0.801. The molecule has 0 aromatic rings. The van der Waals surface area contributed by atoms with Crippen LogP contribution in [0.3, 0.4) is 0 Å². The lowest BCUT2D eigenvalue weighted by Gasteiger charge is -2.47. The van der Waals surface area contributed by atoms with Crippen molar-refractivity contribution in [3.05, 3.63) is 0 Å². The molecule has 2 fully saturated rings. The number of likely N-dealkylation sites (tertiary alicyclic amines) is 1. The lowest BCUT2D eigenvalue weighted by atomic mass is 9.76. The summed E-state index contributed by atoms with van der Waals surface area (Å²) in [5.74, 6) is 1.75. The van der Waals surface area contributed by atoms with Crippen LogP contribution in [0.1, 0.15) is 59.3 Å². The Morgan fingerprint density at radius 2 is 1.82 bits per heavy atom. The molecule has 100 valence electrons. The predicted octanol–water partition coefficient (Wildman–Crippen LogP) is 3.01. The second-order valence-electron chi connectivity index (χ2n) is 6.63. The molecule has 2 rings (SSSR count). The molecule has 0 aromatic carbocycles. The van der Waals surface area contributed by atoms with Gasteiger partial charge < -0.3 is 5.73 Å².